The van der Waals surface area contributed by atoms with Crippen molar-refractivity contribution in [3.63, 3.8) is 0 Å². The average Bonchev–Trinajstić information content (AvgIpc) is 2.79. The minimum atomic E-state index is -3.47. The zero-order valence-electron chi connectivity index (χ0n) is 17.2. The van der Waals surface area contributed by atoms with Crippen molar-refractivity contribution in [2.45, 2.75) is 25.1 Å². The zero-order chi connectivity index (χ0) is 23.7. The standard InChI is InChI=1S/C20H24F3N3O5S/c1-31-8-9-32(29,30)25-12-16-7-6-15(11-24-16)13-2-4-14(5-3-13)18(27)17(10-21)26-20(28)19(22)23/h2-7,11,17-19,25,27H,8-10,12H2,1H3,(H,26,28)/t17-,18-/m1/s1. The second-order valence-corrected chi connectivity index (χ2v) is 8.73. The number of carbonyl (C=O) groups is 1. The summed E-state index contributed by atoms with van der Waals surface area (Å²) in [5.41, 5.74) is 2.14. The van der Waals surface area contributed by atoms with Crippen LogP contribution in [-0.2, 0) is 26.1 Å². The third-order valence-electron chi connectivity index (χ3n) is 4.51. The molecule has 2 aromatic rings. The van der Waals surface area contributed by atoms with Crippen molar-refractivity contribution >= 4 is 15.9 Å². The Kier molecular flexibility index (Phi) is 9.57. The predicted molar refractivity (Wildman–Crippen MR) is 111 cm³/mol. The van der Waals surface area contributed by atoms with Gasteiger partial charge in [0.2, 0.25) is 10.0 Å². The van der Waals surface area contributed by atoms with E-state index in [4.69, 9.17) is 4.74 Å². The number of carbonyl (C=O) groups excluding carboxylic acids is 1. The maximum Gasteiger partial charge on any atom is 0.315 e. The minimum absolute atomic E-state index is 0.0203. The molecule has 2 rings (SSSR count). The molecule has 2 atom stereocenters. The van der Waals surface area contributed by atoms with Crippen LogP contribution in [0.2, 0.25) is 0 Å². The van der Waals surface area contributed by atoms with Gasteiger partial charge in [-0.25, -0.2) is 17.5 Å². The van der Waals surface area contributed by atoms with E-state index < -0.39 is 41.2 Å². The number of methoxy groups -OCH3 is 1. The Morgan fingerprint density at radius 1 is 1.16 bits per heavy atom. The van der Waals surface area contributed by atoms with E-state index in [0.717, 1.165) is 0 Å². The number of rotatable bonds is 12. The number of halogens is 3. The number of alkyl halides is 3. The van der Waals surface area contributed by atoms with Crippen LogP contribution in [-0.4, -0.2) is 63.0 Å². The third-order valence-corrected chi connectivity index (χ3v) is 5.80. The number of nitrogens with one attached hydrogen (secondary N) is 2. The van der Waals surface area contributed by atoms with Gasteiger partial charge in [0.15, 0.2) is 0 Å². The quantitative estimate of drug-likeness (QED) is 0.429. The summed E-state index contributed by atoms with van der Waals surface area (Å²) in [6.45, 7) is -1.12. The van der Waals surface area contributed by atoms with Gasteiger partial charge in [0, 0.05) is 18.9 Å². The van der Waals surface area contributed by atoms with E-state index in [1.165, 1.54) is 25.4 Å². The van der Waals surface area contributed by atoms with Gasteiger partial charge in [-0.3, -0.25) is 9.78 Å². The molecule has 0 radical (unpaired) electrons. The van der Waals surface area contributed by atoms with Crippen molar-refractivity contribution in [1.29, 1.82) is 0 Å². The van der Waals surface area contributed by atoms with E-state index in [0.29, 0.717) is 16.8 Å². The SMILES string of the molecule is COCCS(=O)(=O)NCc1ccc(-c2ccc([C@@H](O)[C@@H](CF)NC(=O)C(F)F)cc2)cn1. The minimum Gasteiger partial charge on any atom is -0.386 e. The van der Waals surface area contributed by atoms with Crippen LogP contribution >= 0.6 is 0 Å². The van der Waals surface area contributed by atoms with Crippen molar-refractivity contribution in [3.8, 4) is 11.1 Å². The fraction of sp³-hybridized carbons (Fsp3) is 0.400. The van der Waals surface area contributed by atoms with E-state index in [2.05, 4.69) is 9.71 Å². The molecule has 1 heterocycles. The number of amides is 1. The molecular weight excluding hydrogens is 451 g/mol. The van der Waals surface area contributed by atoms with Gasteiger partial charge in [0.25, 0.3) is 5.91 Å². The highest BCUT2D eigenvalue weighted by molar-refractivity contribution is 7.89. The molecule has 1 aromatic carbocycles. The molecule has 0 fully saturated rings. The van der Waals surface area contributed by atoms with Gasteiger partial charge in [-0.2, -0.15) is 8.78 Å². The summed E-state index contributed by atoms with van der Waals surface area (Å²) in [7, 11) is -2.06. The fourth-order valence-corrected chi connectivity index (χ4v) is 3.60. The van der Waals surface area contributed by atoms with Gasteiger partial charge in [0.1, 0.15) is 12.8 Å². The lowest BCUT2D eigenvalue weighted by Crippen LogP contribution is -2.43. The number of nitrogens with zero attached hydrogens (tertiary/aromatic N) is 1. The molecule has 0 aliphatic heterocycles. The Labute approximate surface area is 183 Å². The summed E-state index contributed by atoms with van der Waals surface area (Å²) in [6, 6.07) is 8.07. The maximum absolute atomic E-state index is 13.1. The molecule has 0 saturated heterocycles. The van der Waals surface area contributed by atoms with Crippen molar-refractivity contribution < 1.29 is 36.2 Å². The first-order chi connectivity index (χ1) is 15.2. The maximum atomic E-state index is 13.1. The first kappa shape index (κ1) is 25.7. The van der Waals surface area contributed by atoms with Gasteiger partial charge in [-0.1, -0.05) is 30.3 Å². The molecule has 176 valence electrons. The molecule has 0 aliphatic carbocycles. The van der Waals surface area contributed by atoms with Crippen molar-refractivity contribution in [1.82, 2.24) is 15.0 Å². The highest BCUT2D eigenvalue weighted by Crippen LogP contribution is 2.23. The first-order valence-electron chi connectivity index (χ1n) is 9.51. The fourth-order valence-electron chi connectivity index (χ4n) is 2.70. The number of sulfonamides is 1. The Morgan fingerprint density at radius 3 is 2.34 bits per heavy atom. The number of ether oxygens (including phenoxy) is 1. The molecule has 0 spiro atoms. The Hall–Kier alpha value is -2.54. The summed E-state index contributed by atoms with van der Waals surface area (Å²) in [4.78, 5) is 15.3. The Morgan fingerprint density at radius 2 is 1.81 bits per heavy atom. The van der Waals surface area contributed by atoms with Gasteiger partial charge in [-0.05, 0) is 17.2 Å². The highest BCUT2D eigenvalue weighted by Gasteiger charge is 2.26. The Bertz CT molecular complexity index is 973. The second-order valence-electron chi connectivity index (χ2n) is 6.81. The molecule has 0 saturated carbocycles. The van der Waals surface area contributed by atoms with Crippen LogP contribution in [0.25, 0.3) is 11.1 Å². The van der Waals surface area contributed by atoms with E-state index in [1.807, 2.05) is 0 Å². The van der Waals surface area contributed by atoms with E-state index in [1.54, 1.807) is 29.6 Å². The number of aliphatic hydroxyl groups is 1. The second kappa shape index (κ2) is 11.9. The highest BCUT2D eigenvalue weighted by atomic mass is 32.2. The van der Waals surface area contributed by atoms with Crippen LogP contribution in [0, 0.1) is 0 Å². The summed E-state index contributed by atoms with van der Waals surface area (Å²) < 4.78 is 68.6. The summed E-state index contributed by atoms with van der Waals surface area (Å²) >= 11 is 0. The smallest absolute Gasteiger partial charge is 0.315 e. The van der Waals surface area contributed by atoms with Gasteiger partial charge in [0.05, 0.1) is 30.6 Å². The molecular formula is C20H24F3N3O5S. The molecule has 0 bridgehead atoms. The van der Waals surface area contributed by atoms with E-state index >= 15 is 0 Å². The molecule has 1 aromatic heterocycles. The van der Waals surface area contributed by atoms with Crippen molar-refractivity contribution in [2.24, 2.45) is 0 Å². The lowest BCUT2D eigenvalue weighted by atomic mass is 9.99. The average molecular weight is 475 g/mol. The monoisotopic (exact) mass is 475 g/mol. The third kappa shape index (κ3) is 7.55. The summed E-state index contributed by atoms with van der Waals surface area (Å²) in [5.74, 6) is -1.81. The summed E-state index contributed by atoms with van der Waals surface area (Å²) in [5, 5.41) is 12.0. The molecule has 3 N–H and O–H groups in total. The number of hydrogen-bond acceptors (Lipinski definition) is 6. The van der Waals surface area contributed by atoms with Crippen LogP contribution in [0.3, 0.4) is 0 Å². The van der Waals surface area contributed by atoms with Crippen LogP contribution in [0.15, 0.2) is 42.6 Å². The topological polar surface area (TPSA) is 118 Å². The molecule has 8 nitrogen and oxygen atoms in total. The number of hydrogen-bond donors (Lipinski definition) is 3. The van der Waals surface area contributed by atoms with E-state index in [9.17, 15) is 31.5 Å². The van der Waals surface area contributed by atoms with Crippen LogP contribution in [0.4, 0.5) is 13.2 Å². The molecule has 12 heteroatoms. The normalized spacial score (nSPS) is 13.7. The van der Waals surface area contributed by atoms with Gasteiger partial charge in [-0.15, -0.1) is 0 Å². The van der Waals surface area contributed by atoms with Crippen LogP contribution in [0.1, 0.15) is 17.4 Å². The molecule has 32 heavy (non-hydrogen) atoms. The van der Waals surface area contributed by atoms with Crippen molar-refractivity contribution in [2.75, 3.05) is 26.1 Å². The van der Waals surface area contributed by atoms with Crippen LogP contribution in [0.5, 0.6) is 0 Å². The number of benzene rings is 1. The molecule has 0 unspecified atom stereocenters. The molecule has 0 aliphatic rings. The largest absolute Gasteiger partial charge is 0.386 e. The number of pyridine rings is 1. The number of aliphatic hydroxyl groups excluding tert-OH is 1. The number of aromatic nitrogens is 1. The zero-order valence-corrected chi connectivity index (χ0v) is 18.0. The predicted octanol–water partition coefficient (Wildman–Crippen LogP) is 1.57. The Balaban J connectivity index is 2.02. The van der Waals surface area contributed by atoms with E-state index in [-0.39, 0.29) is 24.5 Å². The van der Waals surface area contributed by atoms with Gasteiger partial charge < -0.3 is 15.2 Å². The summed E-state index contributed by atoms with van der Waals surface area (Å²) in [6.07, 6.45) is -3.28. The van der Waals surface area contributed by atoms with Crippen molar-refractivity contribution in [3.05, 3.63) is 53.9 Å². The molecule has 1 amide bonds. The lowest BCUT2D eigenvalue weighted by Gasteiger charge is -2.22. The van der Waals surface area contributed by atoms with Gasteiger partial charge >= 0.3 is 6.43 Å². The lowest BCUT2D eigenvalue weighted by molar-refractivity contribution is -0.133. The van der Waals surface area contributed by atoms with Crippen LogP contribution < -0.4 is 10.0 Å². The first-order valence-corrected chi connectivity index (χ1v) is 11.2.